The summed E-state index contributed by atoms with van der Waals surface area (Å²) in [6, 6.07) is 9.71. The first kappa shape index (κ1) is 12.6. The van der Waals surface area contributed by atoms with Gasteiger partial charge in [-0.05, 0) is 24.1 Å². The molecule has 0 unspecified atom stereocenters. The van der Waals surface area contributed by atoms with E-state index in [1.54, 1.807) is 11.0 Å². The van der Waals surface area contributed by atoms with Crippen molar-refractivity contribution >= 4 is 5.91 Å². The van der Waals surface area contributed by atoms with Crippen molar-refractivity contribution in [2.24, 2.45) is 0 Å². The van der Waals surface area contributed by atoms with Crippen LogP contribution in [0.4, 0.5) is 0 Å². The largest absolute Gasteiger partial charge is 0.345 e. The lowest BCUT2D eigenvalue weighted by molar-refractivity contribution is -0.129. The highest BCUT2D eigenvalue weighted by Gasteiger charge is 2.18. The van der Waals surface area contributed by atoms with E-state index in [-0.39, 0.29) is 5.91 Å². The van der Waals surface area contributed by atoms with Crippen molar-refractivity contribution in [1.29, 1.82) is 5.26 Å². The second-order valence-corrected chi connectivity index (χ2v) is 4.69. The van der Waals surface area contributed by atoms with Gasteiger partial charge in [0, 0.05) is 26.7 Å². The zero-order chi connectivity index (χ0) is 13.0. The van der Waals surface area contributed by atoms with Crippen molar-refractivity contribution in [2.75, 3.05) is 26.7 Å². The Morgan fingerprint density at radius 3 is 3.00 bits per heavy atom. The zero-order valence-electron chi connectivity index (χ0n) is 10.6. The number of nitrogens with zero attached hydrogens (tertiary/aromatic N) is 3. The molecule has 1 aromatic rings. The summed E-state index contributed by atoms with van der Waals surface area (Å²) >= 11 is 0. The molecule has 1 saturated heterocycles. The standard InChI is InChI=1S/C14H17N3O/c1-16-6-3-7-17(11-14(16)18)10-13-5-2-4-12(8-13)9-15/h2,4-5,8H,3,6-7,10-11H2,1H3. The Morgan fingerprint density at radius 2 is 2.22 bits per heavy atom. The zero-order valence-corrected chi connectivity index (χ0v) is 10.6. The average Bonchev–Trinajstić information content (AvgIpc) is 2.52. The van der Waals surface area contributed by atoms with Crippen LogP contribution >= 0.6 is 0 Å². The SMILES string of the molecule is CN1CCCN(Cc2cccc(C#N)c2)CC1=O. The maximum absolute atomic E-state index is 11.8. The second-order valence-electron chi connectivity index (χ2n) is 4.69. The van der Waals surface area contributed by atoms with Crippen molar-refractivity contribution < 1.29 is 4.79 Å². The molecule has 0 atom stereocenters. The summed E-state index contributed by atoms with van der Waals surface area (Å²) in [5.74, 6) is 0.170. The first-order valence-electron chi connectivity index (χ1n) is 6.14. The summed E-state index contributed by atoms with van der Waals surface area (Å²) in [6.45, 7) is 2.95. The number of likely N-dealkylation sites (N-methyl/N-ethyl adjacent to an activating group) is 1. The van der Waals surface area contributed by atoms with Gasteiger partial charge < -0.3 is 4.90 Å². The lowest BCUT2D eigenvalue weighted by Crippen LogP contribution is -2.34. The number of benzene rings is 1. The van der Waals surface area contributed by atoms with Crippen LogP contribution in [0.15, 0.2) is 24.3 Å². The Kier molecular flexibility index (Phi) is 3.96. The summed E-state index contributed by atoms with van der Waals surface area (Å²) in [5, 5.41) is 8.87. The average molecular weight is 243 g/mol. The third-order valence-corrected chi connectivity index (χ3v) is 3.21. The maximum Gasteiger partial charge on any atom is 0.236 e. The molecule has 4 nitrogen and oxygen atoms in total. The van der Waals surface area contributed by atoms with Gasteiger partial charge in [-0.2, -0.15) is 5.26 Å². The van der Waals surface area contributed by atoms with E-state index in [1.165, 1.54) is 0 Å². The van der Waals surface area contributed by atoms with E-state index in [0.29, 0.717) is 12.1 Å². The van der Waals surface area contributed by atoms with Crippen LogP contribution in [0, 0.1) is 11.3 Å². The fourth-order valence-corrected chi connectivity index (χ4v) is 2.18. The Labute approximate surface area is 107 Å². The van der Waals surface area contributed by atoms with Crippen molar-refractivity contribution in [1.82, 2.24) is 9.80 Å². The molecule has 2 rings (SSSR count). The van der Waals surface area contributed by atoms with Crippen LogP contribution in [0.3, 0.4) is 0 Å². The molecule has 1 amide bonds. The Balaban J connectivity index is 2.04. The van der Waals surface area contributed by atoms with E-state index in [1.807, 2.05) is 25.2 Å². The van der Waals surface area contributed by atoms with Gasteiger partial charge in [-0.3, -0.25) is 9.69 Å². The molecular weight excluding hydrogens is 226 g/mol. The normalized spacial score (nSPS) is 17.3. The number of nitriles is 1. The maximum atomic E-state index is 11.8. The summed E-state index contributed by atoms with van der Waals surface area (Å²) in [5.41, 5.74) is 1.76. The lowest BCUT2D eigenvalue weighted by Gasteiger charge is -2.19. The Morgan fingerprint density at radius 1 is 1.39 bits per heavy atom. The van der Waals surface area contributed by atoms with Crippen molar-refractivity contribution in [3.8, 4) is 6.07 Å². The van der Waals surface area contributed by atoms with E-state index < -0.39 is 0 Å². The van der Waals surface area contributed by atoms with Crippen LogP contribution in [0.25, 0.3) is 0 Å². The second kappa shape index (κ2) is 5.65. The quantitative estimate of drug-likeness (QED) is 0.784. The van der Waals surface area contributed by atoms with Gasteiger partial charge in [-0.15, -0.1) is 0 Å². The van der Waals surface area contributed by atoms with E-state index in [2.05, 4.69) is 11.0 Å². The molecule has 4 heteroatoms. The molecule has 0 saturated carbocycles. The first-order chi connectivity index (χ1) is 8.69. The molecule has 0 N–H and O–H groups in total. The highest BCUT2D eigenvalue weighted by Crippen LogP contribution is 2.10. The number of carbonyl (C=O) groups excluding carboxylic acids is 1. The minimum Gasteiger partial charge on any atom is -0.345 e. The number of hydrogen-bond donors (Lipinski definition) is 0. The lowest BCUT2D eigenvalue weighted by atomic mass is 10.1. The topological polar surface area (TPSA) is 47.3 Å². The van der Waals surface area contributed by atoms with E-state index in [0.717, 1.165) is 31.6 Å². The molecule has 0 radical (unpaired) electrons. The summed E-state index contributed by atoms with van der Waals surface area (Å²) in [6.07, 6.45) is 1.00. The molecule has 94 valence electrons. The van der Waals surface area contributed by atoms with Crippen LogP contribution in [0.5, 0.6) is 0 Å². The molecule has 1 aromatic carbocycles. The fourth-order valence-electron chi connectivity index (χ4n) is 2.18. The van der Waals surface area contributed by atoms with Crippen LogP contribution < -0.4 is 0 Å². The van der Waals surface area contributed by atoms with Gasteiger partial charge in [0.05, 0.1) is 18.2 Å². The van der Waals surface area contributed by atoms with Crippen molar-refractivity contribution in [3.05, 3.63) is 35.4 Å². The summed E-state index contributed by atoms with van der Waals surface area (Å²) < 4.78 is 0. The van der Waals surface area contributed by atoms with Crippen molar-refractivity contribution in [2.45, 2.75) is 13.0 Å². The fraction of sp³-hybridized carbons (Fsp3) is 0.429. The summed E-state index contributed by atoms with van der Waals surface area (Å²) in [4.78, 5) is 15.7. The van der Waals surface area contributed by atoms with Gasteiger partial charge in [0.1, 0.15) is 0 Å². The van der Waals surface area contributed by atoms with Gasteiger partial charge in [0.2, 0.25) is 5.91 Å². The van der Waals surface area contributed by atoms with Gasteiger partial charge in [-0.1, -0.05) is 12.1 Å². The minimum atomic E-state index is 0.170. The number of carbonyl (C=O) groups is 1. The van der Waals surface area contributed by atoms with Gasteiger partial charge in [0.15, 0.2) is 0 Å². The third kappa shape index (κ3) is 3.08. The highest BCUT2D eigenvalue weighted by molar-refractivity contribution is 5.78. The molecule has 1 fully saturated rings. The molecule has 1 aliphatic heterocycles. The Bertz CT molecular complexity index is 478. The molecule has 0 bridgehead atoms. The predicted molar refractivity (Wildman–Crippen MR) is 68.7 cm³/mol. The molecule has 18 heavy (non-hydrogen) atoms. The van der Waals surface area contributed by atoms with Gasteiger partial charge in [-0.25, -0.2) is 0 Å². The summed E-state index contributed by atoms with van der Waals surface area (Å²) in [7, 11) is 1.85. The Hall–Kier alpha value is -1.86. The molecule has 0 spiro atoms. The monoisotopic (exact) mass is 243 g/mol. The highest BCUT2D eigenvalue weighted by atomic mass is 16.2. The van der Waals surface area contributed by atoms with E-state index in [4.69, 9.17) is 5.26 Å². The number of hydrogen-bond acceptors (Lipinski definition) is 3. The van der Waals surface area contributed by atoms with Gasteiger partial charge >= 0.3 is 0 Å². The third-order valence-electron chi connectivity index (χ3n) is 3.21. The minimum absolute atomic E-state index is 0.170. The predicted octanol–water partition coefficient (Wildman–Crippen LogP) is 1.22. The van der Waals surface area contributed by atoms with E-state index in [9.17, 15) is 4.79 Å². The van der Waals surface area contributed by atoms with Crippen LogP contribution in [-0.4, -0.2) is 42.4 Å². The van der Waals surface area contributed by atoms with Crippen LogP contribution in [0.1, 0.15) is 17.5 Å². The molecule has 1 aliphatic rings. The first-order valence-corrected chi connectivity index (χ1v) is 6.14. The molecule has 0 aromatic heterocycles. The van der Waals surface area contributed by atoms with E-state index >= 15 is 0 Å². The number of rotatable bonds is 2. The van der Waals surface area contributed by atoms with Gasteiger partial charge in [0.25, 0.3) is 0 Å². The smallest absolute Gasteiger partial charge is 0.236 e. The number of amides is 1. The molecule has 0 aliphatic carbocycles. The van der Waals surface area contributed by atoms with Crippen molar-refractivity contribution in [3.63, 3.8) is 0 Å². The van der Waals surface area contributed by atoms with Crippen LogP contribution in [0.2, 0.25) is 0 Å². The molecule has 1 heterocycles. The molecular formula is C14H17N3O. The van der Waals surface area contributed by atoms with Crippen LogP contribution in [-0.2, 0) is 11.3 Å².